The second-order valence-electron chi connectivity index (χ2n) is 6.42. The number of hydrogen-bond acceptors (Lipinski definition) is 3. The van der Waals surface area contributed by atoms with Crippen LogP contribution in [0.5, 0.6) is 0 Å². The molecule has 0 amide bonds. The standard InChI is InChI=1S/C17H33N3/c1-4-12-19-17(3,15-18)11-7-9-14-20-13-8-6-10-16(20)5-2/h16,19H,4-14H2,1-3H3. The van der Waals surface area contributed by atoms with Gasteiger partial charge >= 0.3 is 0 Å². The van der Waals surface area contributed by atoms with E-state index in [1.807, 2.05) is 6.92 Å². The third-order valence-corrected chi connectivity index (χ3v) is 4.60. The monoisotopic (exact) mass is 279 g/mol. The lowest BCUT2D eigenvalue weighted by Gasteiger charge is -2.35. The number of hydrogen-bond donors (Lipinski definition) is 1. The zero-order chi connectivity index (χ0) is 14.8. The van der Waals surface area contributed by atoms with E-state index in [4.69, 9.17) is 0 Å². The van der Waals surface area contributed by atoms with Crippen molar-refractivity contribution in [3.8, 4) is 6.07 Å². The average molecular weight is 279 g/mol. The van der Waals surface area contributed by atoms with Crippen molar-refractivity contribution in [2.75, 3.05) is 19.6 Å². The number of rotatable bonds is 9. The van der Waals surface area contributed by atoms with Crippen molar-refractivity contribution >= 4 is 0 Å². The van der Waals surface area contributed by atoms with Crippen LogP contribution < -0.4 is 5.32 Å². The molecule has 0 aromatic rings. The largest absolute Gasteiger partial charge is 0.300 e. The van der Waals surface area contributed by atoms with Gasteiger partial charge in [0.05, 0.1) is 6.07 Å². The van der Waals surface area contributed by atoms with Gasteiger partial charge in [-0.2, -0.15) is 5.26 Å². The number of nitrogens with zero attached hydrogens (tertiary/aromatic N) is 2. The van der Waals surface area contributed by atoms with Crippen LogP contribution in [-0.4, -0.2) is 36.1 Å². The van der Waals surface area contributed by atoms with Crippen molar-refractivity contribution in [1.82, 2.24) is 10.2 Å². The van der Waals surface area contributed by atoms with Crippen molar-refractivity contribution in [3.05, 3.63) is 0 Å². The van der Waals surface area contributed by atoms with Gasteiger partial charge in [0, 0.05) is 6.04 Å². The van der Waals surface area contributed by atoms with Gasteiger partial charge < -0.3 is 4.90 Å². The number of likely N-dealkylation sites (tertiary alicyclic amines) is 1. The number of piperidine rings is 1. The highest BCUT2D eigenvalue weighted by Crippen LogP contribution is 2.20. The average Bonchev–Trinajstić information content (AvgIpc) is 2.50. The summed E-state index contributed by atoms with van der Waals surface area (Å²) in [6.45, 7) is 9.93. The fourth-order valence-corrected chi connectivity index (χ4v) is 3.19. The first-order valence-electron chi connectivity index (χ1n) is 8.55. The molecular weight excluding hydrogens is 246 g/mol. The Hall–Kier alpha value is -0.590. The smallest absolute Gasteiger partial charge is 0.103 e. The molecule has 0 saturated carbocycles. The van der Waals surface area contributed by atoms with Crippen LogP contribution in [0.15, 0.2) is 0 Å². The molecule has 0 spiro atoms. The van der Waals surface area contributed by atoms with Crippen LogP contribution in [0.25, 0.3) is 0 Å². The van der Waals surface area contributed by atoms with Crippen molar-refractivity contribution in [1.29, 1.82) is 5.26 Å². The van der Waals surface area contributed by atoms with E-state index in [9.17, 15) is 5.26 Å². The topological polar surface area (TPSA) is 39.1 Å². The molecule has 116 valence electrons. The van der Waals surface area contributed by atoms with Gasteiger partial charge in [0.15, 0.2) is 0 Å². The zero-order valence-electron chi connectivity index (χ0n) is 13.7. The first-order valence-corrected chi connectivity index (χ1v) is 8.55. The van der Waals surface area contributed by atoms with Crippen LogP contribution in [-0.2, 0) is 0 Å². The fraction of sp³-hybridized carbons (Fsp3) is 0.941. The summed E-state index contributed by atoms with van der Waals surface area (Å²) in [5, 5.41) is 12.7. The maximum absolute atomic E-state index is 9.32. The van der Waals surface area contributed by atoms with Crippen LogP contribution in [0.1, 0.15) is 72.1 Å². The molecule has 0 aromatic heterocycles. The molecule has 3 heteroatoms. The quantitative estimate of drug-likeness (QED) is 0.654. The maximum Gasteiger partial charge on any atom is 0.103 e. The Balaban J connectivity index is 2.24. The third kappa shape index (κ3) is 5.81. The molecule has 1 aliphatic heterocycles. The van der Waals surface area contributed by atoms with Gasteiger partial charge in [0.2, 0.25) is 0 Å². The van der Waals surface area contributed by atoms with Gasteiger partial charge in [-0.05, 0) is 71.5 Å². The van der Waals surface area contributed by atoms with Crippen molar-refractivity contribution in [3.63, 3.8) is 0 Å². The van der Waals surface area contributed by atoms with Gasteiger partial charge in [-0.1, -0.05) is 20.3 Å². The minimum atomic E-state index is -0.331. The minimum absolute atomic E-state index is 0.331. The predicted molar refractivity (Wildman–Crippen MR) is 85.7 cm³/mol. The lowest BCUT2D eigenvalue weighted by atomic mass is 9.95. The lowest BCUT2D eigenvalue weighted by Crippen LogP contribution is -2.42. The Labute approximate surface area is 125 Å². The summed E-state index contributed by atoms with van der Waals surface area (Å²) in [6.07, 6.45) is 9.86. The van der Waals surface area contributed by atoms with Crippen molar-refractivity contribution in [2.24, 2.45) is 0 Å². The SMILES string of the molecule is CCCNC(C)(C#N)CCCCN1CCCCC1CC. The molecule has 2 atom stereocenters. The Morgan fingerprint density at radius 3 is 2.75 bits per heavy atom. The summed E-state index contributed by atoms with van der Waals surface area (Å²) in [4.78, 5) is 2.67. The van der Waals surface area contributed by atoms with E-state index in [2.05, 4.69) is 30.1 Å². The summed E-state index contributed by atoms with van der Waals surface area (Å²) in [6, 6.07) is 3.26. The highest BCUT2D eigenvalue weighted by molar-refractivity contribution is 5.03. The van der Waals surface area contributed by atoms with Crippen LogP contribution in [0.3, 0.4) is 0 Å². The maximum atomic E-state index is 9.32. The van der Waals surface area contributed by atoms with E-state index >= 15 is 0 Å². The predicted octanol–water partition coefficient (Wildman–Crippen LogP) is 3.70. The Bertz CT molecular complexity index is 297. The fourth-order valence-electron chi connectivity index (χ4n) is 3.19. The molecular formula is C17H33N3. The summed E-state index contributed by atoms with van der Waals surface area (Å²) < 4.78 is 0. The molecule has 1 aliphatic rings. The first kappa shape index (κ1) is 17.5. The molecule has 0 radical (unpaired) electrons. The number of nitriles is 1. The minimum Gasteiger partial charge on any atom is -0.300 e. The van der Waals surface area contributed by atoms with Crippen molar-refractivity contribution in [2.45, 2.75) is 83.7 Å². The first-order chi connectivity index (χ1) is 9.65. The lowest BCUT2D eigenvalue weighted by molar-refractivity contribution is 0.140. The van der Waals surface area contributed by atoms with Gasteiger partial charge in [-0.25, -0.2) is 0 Å². The molecule has 3 nitrogen and oxygen atoms in total. The molecule has 1 saturated heterocycles. The van der Waals surface area contributed by atoms with Gasteiger partial charge in [0.25, 0.3) is 0 Å². The Morgan fingerprint density at radius 2 is 2.10 bits per heavy atom. The molecule has 0 bridgehead atoms. The summed E-state index contributed by atoms with van der Waals surface area (Å²) >= 11 is 0. The second-order valence-corrected chi connectivity index (χ2v) is 6.42. The van der Waals surface area contributed by atoms with Gasteiger partial charge in [-0.3, -0.25) is 5.32 Å². The number of unbranched alkanes of at least 4 members (excludes halogenated alkanes) is 1. The van der Waals surface area contributed by atoms with Crippen molar-refractivity contribution < 1.29 is 0 Å². The van der Waals surface area contributed by atoms with E-state index in [0.29, 0.717) is 0 Å². The number of nitrogens with one attached hydrogen (secondary N) is 1. The highest BCUT2D eigenvalue weighted by atomic mass is 15.2. The molecule has 20 heavy (non-hydrogen) atoms. The van der Waals surface area contributed by atoms with E-state index in [1.54, 1.807) is 0 Å². The highest BCUT2D eigenvalue weighted by Gasteiger charge is 2.23. The summed E-state index contributed by atoms with van der Waals surface area (Å²) in [5.41, 5.74) is -0.331. The molecule has 1 heterocycles. The van der Waals surface area contributed by atoms with Gasteiger partial charge in [-0.15, -0.1) is 0 Å². The van der Waals surface area contributed by atoms with Crippen LogP contribution in [0, 0.1) is 11.3 Å². The van der Waals surface area contributed by atoms with E-state index in [0.717, 1.165) is 31.8 Å². The summed E-state index contributed by atoms with van der Waals surface area (Å²) in [7, 11) is 0. The molecule has 0 aliphatic carbocycles. The molecule has 1 N–H and O–H groups in total. The molecule has 2 unspecified atom stereocenters. The van der Waals surface area contributed by atoms with Crippen LogP contribution in [0.4, 0.5) is 0 Å². The molecule has 0 aromatic carbocycles. The zero-order valence-corrected chi connectivity index (χ0v) is 13.7. The van der Waals surface area contributed by atoms with Gasteiger partial charge in [0.1, 0.15) is 5.54 Å². The van der Waals surface area contributed by atoms with Crippen LogP contribution in [0.2, 0.25) is 0 Å². The second kappa shape index (κ2) is 9.37. The van der Waals surface area contributed by atoms with E-state index in [-0.39, 0.29) is 5.54 Å². The van der Waals surface area contributed by atoms with E-state index < -0.39 is 0 Å². The molecule has 1 rings (SSSR count). The normalized spacial score (nSPS) is 23.2. The van der Waals surface area contributed by atoms with Crippen LogP contribution >= 0.6 is 0 Å². The molecule has 1 fully saturated rings. The van der Waals surface area contributed by atoms with E-state index in [1.165, 1.54) is 45.2 Å². The third-order valence-electron chi connectivity index (χ3n) is 4.60. The Morgan fingerprint density at radius 1 is 1.30 bits per heavy atom. The summed E-state index contributed by atoms with van der Waals surface area (Å²) in [5.74, 6) is 0. The Kier molecular flexibility index (Phi) is 8.18.